The number of rotatable bonds is 5. The van der Waals surface area contributed by atoms with Crippen LogP contribution in [0.2, 0.25) is 5.02 Å². The second-order valence-electron chi connectivity index (χ2n) is 4.69. The lowest BCUT2D eigenvalue weighted by Crippen LogP contribution is -2.33. The smallest absolute Gasteiger partial charge is 0.258 e. The Balaban J connectivity index is 3.06. The number of nitro groups is 1. The summed E-state index contributed by atoms with van der Waals surface area (Å²) in [4.78, 5) is 9.62. The van der Waals surface area contributed by atoms with Gasteiger partial charge in [-0.1, -0.05) is 11.6 Å². The van der Waals surface area contributed by atoms with Crippen LogP contribution in [0.15, 0.2) is 23.1 Å². The fourth-order valence-electron chi connectivity index (χ4n) is 1.21. The highest BCUT2D eigenvalue weighted by Gasteiger charge is 2.24. The van der Waals surface area contributed by atoms with Gasteiger partial charge in [-0.05, 0) is 19.9 Å². The molecule has 108 valence electrons. The van der Waals surface area contributed by atoms with Crippen LogP contribution in [0.25, 0.3) is 0 Å². The van der Waals surface area contributed by atoms with Gasteiger partial charge in [0.2, 0.25) is 10.0 Å². The number of hydrogen-bond acceptors (Lipinski definition) is 5. The van der Waals surface area contributed by atoms with Gasteiger partial charge >= 0.3 is 0 Å². The fourth-order valence-corrected chi connectivity index (χ4v) is 2.96. The number of nitrogens with one attached hydrogen (secondary N) is 1. The summed E-state index contributed by atoms with van der Waals surface area (Å²) in [5.74, 6) is 0. The van der Waals surface area contributed by atoms with Crippen LogP contribution in [0.5, 0.6) is 0 Å². The largest absolute Gasteiger partial charge is 0.271 e. The van der Waals surface area contributed by atoms with E-state index in [9.17, 15) is 18.5 Å². The molecule has 0 bridgehead atoms. The molecule has 0 spiro atoms. The molecule has 0 radical (unpaired) electrons. The molecule has 1 N–H and O–H groups in total. The molecule has 20 heavy (non-hydrogen) atoms. The molecular formula is C11H12ClN3O4S. The maximum absolute atomic E-state index is 12.0. The number of halogens is 1. The third-order valence-corrected chi connectivity index (χ3v) is 4.31. The highest BCUT2D eigenvalue weighted by molar-refractivity contribution is 7.89. The molecule has 0 saturated carbocycles. The van der Waals surface area contributed by atoms with Gasteiger partial charge in [-0.25, -0.2) is 13.1 Å². The molecule has 0 unspecified atom stereocenters. The predicted octanol–water partition coefficient (Wildman–Crippen LogP) is 2.08. The van der Waals surface area contributed by atoms with E-state index >= 15 is 0 Å². The van der Waals surface area contributed by atoms with E-state index in [1.807, 2.05) is 6.07 Å². The lowest BCUT2D eigenvalue weighted by molar-refractivity contribution is -0.384. The van der Waals surface area contributed by atoms with E-state index in [2.05, 4.69) is 4.72 Å². The summed E-state index contributed by atoms with van der Waals surface area (Å²) in [5.41, 5.74) is -1.17. The van der Waals surface area contributed by atoms with Gasteiger partial charge in [-0.3, -0.25) is 10.1 Å². The molecule has 1 aromatic carbocycles. The van der Waals surface area contributed by atoms with Crippen molar-refractivity contribution in [1.82, 2.24) is 4.72 Å². The van der Waals surface area contributed by atoms with Crippen LogP contribution in [0.4, 0.5) is 5.69 Å². The minimum absolute atomic E-state index is 0.0981. The lowest BCUT2D eigenvalue weighted by Gasteiger charge is -2.16. The normalized spacial score (nSPS) is 11.9. The van der Waals surface area contributed by atoms with Crippen LogP contribution in [0, 0.1) is 26.9 Å². The molecule has 0 heterocycles. The quantitative estimate of drug-likeness (QED) is 0.659. The molecule has 0 aliphatic carbocycles. The molecule has 0 atom stereocenters. The molecule has 0 aromatic heterocycles. The van der Waals surface area contributed by atoms with Crippen molar-refractivity contribution in [3.8, 4) is 6.07 Å². The lowest BCUT2D eigenvalue weighted by atomic mass is 9.97. The topological polar surface area (TPSA) is 113 Å². The Bertz CT molecular complexity index is 679. The standard InChI is InChI=1S/C11H12ClN3O4S/c1-11(2,6-13)7-14-20(18,19)10-4-3-8(15(16)17)5-9(10)12/h3-5,14H,7H2,1-2H3. The first-order chi connectivity index (χ1) is 9.09. The third-order valence-electron chi connectivity index (χ3n) is 2.42. The van der Waals surface area contributed by atoms with Crippen LogP contribution in [-0.2, 0) is 10.0 Å². The summed E-state index contributed by atoms with van der Waals surface area (Å²) in [6.07, 6.45) is 0. The van der Waals surface area contributed by atoms with Crippen molar-refractivity contribution in [3.05, 3.63) is 33.3 Å². The molecular weight excluding hydrogens is 306 g/mol. The van der Waals surface area contributed by atoms with E-state index in [1.165, 1.54) is 0 Å². The average molecular weight is 318 g/mol. The maximum atomic E-state index is 12.0. The van der Waals surface area contributed by atoms with Crippen LogP contribution >= 0.6 is 11.6 Å². The van der Waals surface area contributed by atoms with Gasteiger partial charge in [0.15, 0.2) is 0 Å². The van der Waals surface area contributed by atoms with E-state index in [4.69, 9.17) is 16.9 Å². The summed E-state index contributed by atoms with van der Waals surface area (Å²) < 4.78 is 26.3. The fraction of sp³-hybridized carbons (Fsp3) is 0.364. The number of nitriles is 1. The zero-order chi connectivity index (χ0) is 15.6. The second kappa shape index (κ2) is 5.75. The van der Waals surface area contributed by atoms with Gasteiger partial charge < -0.3 is 0 Å². The second-order valence-corrected chi connectivity index (χ2v) is 6.83. The minimum atomic E-state index is -3.93. The van der Waals surface area contributed by atoms with Gasteiger partial charge in [-0.15, -0.1) is 0 Å². The Kier molecular flexibility index (Phi) is 4.70. The van der Waals surface area contributed by atoms with Crippen molar-refractivity contribution in [1.29, 1.82) is 5.26 Å². The van der Waals surface area contributed by atoms with Gasteiger partial charge in [0.25, 0.3) is 5.69 Å². The molecule has 0 saturated heterocycles. The van der Waals surface area contributed by atoms with E-state index in [-0.39, 0.29) is 22.2 Å². The molecule has 1 aromatic rings. The summed E-state index contributed by atoms with van der Waals surface area (Å²) >= 11 is 5.75. The van der Waals surface area contributed by atoms with Crippen molar-refractivity contribution in [2.45, 2.75) is 18.7 Å². The number of nitrogens with zero attached hydrogens (tertiary/aromatic N) is 2. The van der Waals surface area contributed by atoms with Crippen LogP contribution in [-0.4, -0.2) is 19.9 Å². The highest BCUT2D eigenvalue weighted by atomic mass is 35.5. The summed E-state index contributed by atoms with van der Waals surface area (Å²) in [6, 6.07) is 5.03. The van der Waals surface area contributed by atoms with E-state index in [0.29, 0.717) is 0 Å². The molecule has 9 heteroatoms. The summed E-state index contributed by atoms with van der Waals surface area (Å²) in [6.45, 7) is 3.05. The number of nitro benzene ring substituents is 1. The van der Waals surface area contributed by atoms with Crippen molar-refractivity contribution < 1.29 is 13.3 Å². The molecule has 0 amide bonds. The molecule has 0 fully saturated rings. The first-order valence-corrected chi connectivity index (χ1v) is 7.30. The molecule has 7 nitrogen and oxygen atoms in total. The van der Waals surface area contributed by atoms with Gasteiger partial charge in [0.05, 0.1) is 21.4 Å². The van der Waals surface area contributed by atoms with Gasteiger partial charge in [-0.2, -0.15) is 5.26 Å². The van der Waals surface area contributed by atoms with Crippen molar-refractivity contribution in [2.75, 3.05) is 6.54 Å². The van der Waals surface area contributed by atoms with Crippen molar-refractivity contribution in [2.24, 2.45) is 5.41 Å². The average Bonchev–Trinajstić information content (AvgIpc) is 2.36. The Hall–Kier alpha value is -1.69. The van der Waals surface area contributed by atoms with Crippen LogP contribution in [0.1, 0.15) is 13.8 Å². The number of sulfonamides is 1. The number of benzene rings is 1. The Morgan fingerprint density at radius 3 is 2.55 bits per heavy atom. The molecule has 1 rings (SSSR count). The maximum Gasteiger partial charge on any atom is 0.271 e. The number of non-ortho nitro benzene ring substituents is 1. The predicted molar refractivity (Wildman–Crippen MR) is 72.7 cm³/mol. The molecule has 0 aliphatic heterocycles. The zero-order valence-electron chi connectivity index (χ0n) is 10.8. The zero-order valence-corrected chi connectivity index (χ0v) is 12.3. The summed E-state index contributed by atoms with van der Waals surface area (Å²) in [7, 11) is -3.93. The van der Waals surface area contributed by atoms with Gasteiger partial charge in [0, 0.05) is 18.7 Å². The first-order valence-electron chi connectivity index (χ1n) is 5.44. The third kappa shape index (κ3) is 3.90. The van der Waals surface area contributed by atoms with Gasteiger partial charge in [0.1, 0.15) is 4.90 Å². The monoisotopic (exact) mass is 317 g/mol. The SMILES string of the molecule is CC(C)(C#N)CNS(=O)(=O)c1ccc([N+](=O)[O-])cc1Cl. The van der Waals surface area contributed by atoms with E-state index in [1.54, 1.807) is 13.8 Å². The summed E-state index contributed by atoms with van der Waals surface area (Å²) in [5, 5.41) is 19.1. The Morgan fingerprint density at radius 1 is 1.50 bits per heavy atom. The van der Waals surface area contributed by atoms with Crippen molar-refractivity contribution >= 4 is 27.3 Å². The van der Waals surface area contributed by atoms with Crippen molar-refractivity contribution in [3.63, 3.8) is 0 Å². The van der Waals surface area contributed by atoms with E-state index in [0.717, 1.165) is 18.2 Å². The van der Waals surface area contributed by atoms with E-state index < -0.39 is 20.4 Å². The number of hydrogen-bond donors (Lipinski definition) is 1. The first kappa shape index (κ1) is 16.4. The highest BCUT2D eigenvalue weighted by Crippen LogP contribution is 2.26. The minimum Gasteiger partial charge on any atom is -0.258 e. The molecule has 0 aliphatic rings. The Labute approximate surface area is 121 Å². The van der Waals surface area contributed by atoms with Crippen LogP contribution < -0.4 is 4.72 Å². The Morgan fingerprint density at radius 2 is 2.10 bits per heavy atom. The van der Waals surface area contributed by atoms with Crippen LogP contribution in [0.3, 0.4) is 0 Å².